The maximum Gasteiger partial charge on any atom is 0.411 e. The summed E-state index contributed by atoms with van der Waals surface area (Å²) in [7, 11) is 0. The molecule has 146 valence electrons. The van der Waals surface area contributed by atoms with Gasteiger partial charge in [-0.25, -0.2) is 4.98 Å². The molecule has 28 heavy (non-hydrogen) atoms. The van der Waals surface area contributed by atoms with Crippen molar-refractivity contribution in [3.8, 4) is 11.5 Å². The zero-order valence-corrected chi connectivity index (χ0v) is 15.3. The van der Waals surface area contributed by atoms with Crippen molar-refractivity contribution >= 4 is 39.9 Å². The van der Waals surface area contributed by atoms with Crippen molar-refractivity contribution in [2.45, 2.75) is 24.6 Å². The molecule has 2 aromatic carbocycles. The summed E-state index contributed by atoms with van der Waals surface area (Å²) in [6, 6.07) is 6.58. The van der Waals surface area contributed by atoms with Crippen LogP contribution in [0.25, 0.3) is 11.0 Å². The van der Waals surface area contributed by atoms with Gasteiger partial charge in [0.05, 0.1) is 32.3 Å². The minimum atomic E-state index is -4.40. The lowest BCUT2D eigenvalue weighted by Gasteiger charge is -2.21. The number of nitro benzene ring substituents is 1. The highest BCUT2D eigenvalue weighted by Gasteiger charge is 2.65. The van der Waals surface area contributed by atoms with Crippen LogP contribution in [0.2, 0.25) is 10.0 Å². The maximum absolute atomic E-state index is 13.5. The van der Waals surface area contributed by atoms with Crippen molar-refractivity contribution in [2.24, 2.45) is 0 Å². The van der Waals surface area contributed by atoms with E-state index in [1.807, 2.05) is 0 Å². The minimum absolute atomic E-state index is 0.0208. The van der Waals surface area contributed by atoms with Gasteiger partial charge in [-0.05, 0) is 25.0 Å². The minimum Gasteiger partial charge on any atom is -0.454 e. The summed E-state index contributed by atoms with van der Waals surface area (Å²) in [6.45, 7) is 0. The van der Waals surface area contributed by atoms with Gasteiger partial charge < -0.3 is 9.30 Å². The summed E-state index contributed by atoms with van der Waals surface area (Å²) in [6.07, 6.45) is -3.27. The topological polar surface area (TPSA) is 70.2 Å². The highest BCUT2D eigenvalue weighted by molar-refractivity contribution is 6.37. The number of fused-ring (bicyclic) bond motifs is 1. The van der Waals surface area contributed by atoms with Gasteiger partial charge in [-0.1, -0.05) is 23.2 Å². The molecule has 0 bridgehead atoms. The molecule has 0 radical (unpaired) electrons. The average molecular weight is 432 g/mol. The van der Waals surface area contributed by atoms with Crippen LogP contribution >= 0.6 is 23.2 Å². The number of halogens is 5. The molecule has 1 aliphatic rings. The van der Waals surface area contributed by atoms with Crippen LogP contribution in [0.3, 0.4) is 0 Å². The fourth-order valence-corrected chi connectivity index (χ4v) is 3.59. The van der Waals surface area contributed by atoms with Gasteiger partial charge in [0, 0.05) is 18.2 Å². The largest absolute Gasteiger partial charge is 0.454 e. The molecule has 1 aliphatic carbocycles. The van der Waals surface area contributed by atoms with Crippen LogP contribution in [0.4, 0.5) is 18.9 Å². The Hall–Kier alpha value is -2.52. The fourth-order valence-electron chi connectivity index (χ4n) is 3.04. The number of nitro groups is 1. The van der Waals surface area contributed by atoms with Crippen LogP contribution in [0.5, 0.6) is 11.5 Å². The Bertz CT molecular complexity index is 1090. The molecule has 1 aromatic heterocycles. The smallest absolute Gasteiger partial charge is 0.411 e. The van der Waals surface area contributed by atoms with Gasteiger partial charge in [0.2, 0.25) is 0 Å². The van der Waals surface area contributed by atoms with Gasteiger partial charge in [0.15, 0.2) is 5.75 Å². The normalized spacial score (nSPS) is 15.6. The Balaban J connectivity index is 1.74. The van der Waals surface area contributed by atoms with E-state index in [0.717, 1.165) is 16.7 Å². The summed E-state index contributed by atoms with van der Waals surface area (Å²) in [5.74, 6) is 0.140. The number of hydrogen-bond acceptors (Lipinski definition) is 4. The molecule has 4 rings (SSSR count). The zero-order valence-electron chi connectivity index (χ0n) is 13.8. The molecule has 0 spiro atoms. The van der Waals surface area contributed by atoms with Crippen molar-refractivity contribution in [1.82, 2.24) is 9.55 Å². The van der Waals surface area contributed by atoms with Crippen LogP contribution in [-0.4, -0.2) is 20.7 Å². The molecule has 0 saturated heterocycles. The Labute approximate surface area is 165 Å². The van der Waals surface area contributed by atoms with Gasteiger partial charge in [-0.2, -0.15) is 13.2 Å². The van der Waals surface area contributed by atoms with E-state index in [4.69, 9.17) is 27.9 Å². The van der Waals surface area contributed by atoms with Crippen molar-refractivity contribution in [2.75, 3.05) is 0 Å². The third-order valence-electron chi connectivity index (χ3n) is 4.64. The number of non-ortho nitro benzene ring substituents is 1. The third-order valence-corrected chi connectivity index (χ3v) is 5.21. The van der Waals surface area contributed by atoms with Gasteiger partial charge >= 0.3 is 6.18 Å². The van der Waals surface area contributed by atoms with Gasteiger partial charge in [0.1, 0.15) is 11.3 Å². The Morgan fingerprint density at radius 1 is 1.18 bits per heavy atom. The van der Waals surface area contributed by atoms with Crippen LogP contribution < -0.4 is 4.74 Å². The van der Waals surface area contributed by atoms with E-state index in [1.165, 1.54) is 24.5 Å². The summed E-state index contributed by atoms with van der Waals surface area (Å²) in [5.41, 5.74) is -1.63. The molecular formula is C17H10Cl2F3N3O3. The Morgan fingerprint density at radius 3 is 2.36 bits per heavy atom. The van der Waals surface area contributed by atoms with Crippen LogP contribution in [-0.2, 0) is 5.54 Å². The first-order valence-corrected chi connectivity index (χ1v) is 8.73. The first-order chi connectivity index (χ1) is 13.1. The molecule has 0 atom stereocenters. The van der Waals surface area contributed by atoms with Gasteiger partial charge in [0.25, 0.3) is 5.69 Å². The monoisotopic (exact) mass is 431 g/mol. The molecule has 11 heteroatoms. The first-order valence-electron chi connectivity index (χ1n) is 7.98. The second-order valence-corrected chi connectivity index (χ2v) is 7.21. The zero-order chi connectivity index (χ0) is 20.3. The molecule has 6 nitrogen and oxygen atoms in total. The molecule has 0 amide bonds. The van der Waals surface area contributed by atoms with Crippen LogP contribution in [0.1, 0.15) is 12.8 Å². The lowest BCUT2D eigenvalue weighted by atomic mass is 10.2. The standard InChI is InChI=1S/C17H10Cl2F3N3O3/c18-11-5-9(25(26)27)6-12(19)15(11)28-10-1-2-13-14(7-10)24(8-23-13)16(3-4-16)17(20,21)22/h1-2,5-8H,3-4H2. The third kappa shape index (κ3) is 2.94. The number of benzene rings is 2. The lowest BCUT2D eigenvalue weighted by molar-refractivity contribution is -0.384. The number of hydrogen-bond donors (Lipinski definition) is 0. The molecular weight excluding hydrogens is 422 g/mol. The van der Waals surface area contributed by atoms with E-state index in [9.17, 15) is 23.3 Å². The summed E-state index contributed by atoms with van der Waals surface area (Å²) in [4.78, 5) is 14.2. The van der Waals surface area contributed by atoms with Crippen molar-refractivity contribution in [1.29, 1.82) is 0 Å². The quantitative estimate of drug-likeness (QED) is 0.369. The molecule has 1 saturated carbocycles. The van der Waals surface area contributed by atoms with Crippen molar-refractivity contribution < 1.29 is 22.8 Å². The number of aromatic nitrogens is 2. The number of alkyl halides is 3. The molecule has 0 N–H and O–H groups in total. The predicted molar refractivity (Wildman–Crippen MR) is 96.2 cm³/mol. The molecule has 1 heterocycles. The molecule has 3 aromatic rings. The summed E-state index contributed by atoms with van der Waals surface area (Å²) < 4.78 is 47.1. The SMILES string of the molecule is O=[N+]([O-])c1cc(Cl)c(Oc2ccc3ncn(C4(C(F)(F)F)CC4)c3c2)c(Cl)c1. The van der Waals surface area contributed by atoms with Crippen molar-refractivity contribution in [3.63, 3.8) is 0 Å². The summed E-state index contributed by atoms with van der Waals surface area (Å²) >= 11 is 12.0. The van der Waals surface area contributed by atoms with E-state index in [-0.39, 0.29) is 45.6 Å². The Kier molecular flexibility index (Phi) is 4.20. The van der Waals surface area contributed by atoms with E-state index in [1.54, 1.807) is 0 Å². The predicted octanol–water partition coefficient (Wildman–Crippen LogP) is 6.10. The lowest BCUT2D eigenvalue weighted by Crippen LogP contribution is -2.34. The van der Waals surface area contributed by atoms with E-state index in [2.05, 4.69) is 4.98 Å². The van der Waals surface area contributed by atoms with Crippen LogP contribution in [0.15, 0.2) is 36.7 Å². The molecule has 1 fully saturated rings. The summed E-state index contributed by atoms with van der Waals surface area (Å²) in [5, 5.41) is 10.7. The number of nitrogens with zero attached hydrogens (tertiary/aromatic N) is 3. The number of rotatable bonds is 4. The van der Waals surface area contributed by atoms with Crippen LogP contribution in [0, 0.1) is 10.1 Å². The fraction of sp³-hybridized carbons (Fsp3) is 0.235. The Morgan fingerprint density at radius 2 is 1.82 bits per heavy atom. The molecule has 0 aliphatic heterocycles. The second-order valence-electron chi connectivity index (χ2n) is 6.39. The van der Waals surface area contributed by atoms with E-state index < -0.39 is 16.6 Å². The highest BCUT2D eigenvalue weighted by atomic mass is 35.5. The number of ether oxygens (including phenoxy) is 1. The average Bonchev–Trinajstić information content (AvgIpc) is 3.32. The van der Waals surface area contributed by atoms with Crippen molar-refractivity contribution in [3.05, 3.63) is 56.8 Å². The maximum atomic E-state index is 13.5. The highest BCUT2D eigenvalue weighted by Crippen LogP contribution is 2.56. The van der Waals surface area contributed by atoms with Gasteiger partial charge in [-0.15, -0.1) is 0 Å². The van der Waals surface area contributed by atoms with Gasteiger partial charge in [-0.3, -0.25) is 10.1 Å². The number of imidazole rings is 1. The second kappa shape index (κ2) is 6.25. The molecule has 0 unspecified atom stereocenters. The van der Waals surface area contributed by atoms with E-state index >= 15 is 0 Å². The first kappa shape index (κ1) is 18.8. The van der Waals surface area contributed by atoms with E-state index in [0.29, 0.717) is 5.52 Å².